The summed E-state index contributed by atoms with van der Waals surface area (Å²) in [6, 6.07) is 14.0. The fourth-order valence-corrected chi connectivity index (χ4v) is 4.90. The lowest BCUT2D eigenvalue weighted by atomic mass is 9.81. The Labute approximate surface area is 172 Å². The molecule has 0 aliphatic heterocycles. The molecule has 0 aliphatic rings. The van der Waals surface area contributed by atoms with Crippen molar-refractivity contribution in [3.05, 3.63) is 56.5 Å². The normalized spacial score (nSPS) is 13.4. The Morgan fingerprint density at radius 1 is 0.538 bits per heavy atom. The molecular weight excluding hydrogens is 448 g/mol. The van der Waals surface area contributed by atoms with Crippen molar-refractivity contribution in [2.24, 2.45) is 0 Å². The lowest BCUT2D eigenvalue weighted by molar-refractivity contribution is 0.591. The van der Waals surface area contributed by atoms with Gasteiger partial charge >= 0.3 is 0 Å². The van der Waals surface area contributed by atoms with Gasteiger partial charge in [-0.15, -0.1) is 0 Å². The van der Waals surface area contributed by atoms with Crippen molar-refractivity contribution in [3.8, 4) is 0 Å². The van der Waals surface area contributed by atoms with Crippen LogP contribution in [0.25, 0.3) is 32.3 Å². The molecule has 4 aromatic rings. The van der Waals surface area contributed by atoms with Gasteiger partial charge in [0, 0.05) is 8.95 Å². The van der Waals surface area contributed by atoms with E-state index in [0.29, 0.717) is 0 Å². The van der Waals surface area contributed by atoms with Crippen molar-refractivity contribution < 1.29 is 0 Å². The highest BCUT2D eigenvalue weighted by Crippen LogP contribution is 2.44. The molecule has 0 nitrogen and oxygen atoms in total. The van der Waals surface area contributed by atoms with Gasteiger partial charge in [-0.05, 0) is 78.5 Å². The Kier molecular flexibility index (Phi) is 3.99. The average molecular weight is 472 g/mol. The average Bonchev–Trinajstić information content (AvgIpc) is 2.51. The Hall–Kier alpha value is -1.12. The molecule has 0 unspecified atom stereocenters. The van der Waals surface area contributed by atoms with E-state index in [-0.39, 0.29) is 10.8 Å². The van der Waals surface area contributed by atoms with Crippen LogP contribution in [0.5, 0.6) is 0 Å². The van der Waals surface area contributed by atoms with E-state index < -0.39 is 0 Å². The number of halogens is 2. The van der Waals surface area contributed by atoms with Crippen molar-refractivity contribution in [3.63, 3.8) is 0 Å². The SMILES string of the molecule is CC(C)(C)c1cc2cc(Br)c3cc(C(C)(C)C)cc4cc(Br)c(c1)c2c43. The van der Waals surface area contributed by atoms with Gasteiger partial charge in [0.25, 0.3) is 0 Å². The standard InChI is InChI=1S/C24H24Br2/c1-23(2,3)15-7-13-9-20(26)18-12-16(24(4,5)6)8-14-10-19(25)17(11-15)21(13)22(14)18/h7-12H,1-6H3. The summed E-state index contributed by atoms with van der Waals surface area (Å²) in [5.41, 5.74) is 2.98. The third-order valence-corrected chi connectivity index (χ3v) is 6.71. The Balaban J connectivity index is 2.24. The van der Waals surface area contributed by atoms with Crippen LogP contribution in [-0.4, -0.2) is 0 Å². The molecule has 0 amide bonds. The van der Waals surface area contributed by atoms with Gasteiger partial charge in [-0.2, -0.15) is 0 Å². The van der Waals surface area contributed by atoms with Crippen LogP contribution >= 0.6 is 31.9 Å². The molecular formula is C24H24Br2. The van der Waals surface area contributed by atoms with E-state index in [4.69, 9.17) is 0 Å². The Morgan fingerprint density at radius 3 is 1.19 bits per heavy atom. The molecule has 0 saturated heterocycles. The maximum atomic E-state index is 3.86. The number of hydrogen-bond acceptors (Lipinski definition) is 0. The van der Waals surface area contributed by atoms with Crippen LogP contribution in [0, 0.1) is 0 Å². The summed E-state index contributed by atoms with van der Waals surface area (Å²) in [6.45, 7) is 13.7. The van der Waals surface area contributed by atoms with Gasteiger partial charge in [-0.25, -0.2) is 0 Å². The van der Waals surface area contributed by atoms with Crippen LogP contribution in [0.4, 0.5) is 0 Å². The zero-order valence-corrected chi connectivity index (χ0v) is 19.4. The van der Waals surface area contributed by atoms with Crippen LogP contribution < -0.4 is 0 Å². The summed E-state index contributed by atoms with van der Waals surface area (Å²) in [5, 5.41) is 7.95. The van der Waals surface area contributed by atoms with Crippen LogP contribution in [0.15, 0.2) is 45.3 Å². The van der Waals surface area contributed by atoms with Gasteiger partial charge in [0.05, 0.1) is 0 Å². The molecule has 0 saturated carbocycles. The Bertz CT molecular complexity index is 1060. The minimum absolute atomic E-state index is 0.121. The lowest BCUT2D eigenvalue weighted by Gasteiger charge is -2.24. The monoisotopic (exact) mass is 470 g/mol. The first-order valence-electron chi connectivity index (χ1n) is 9.09. The second kappa shape index (κ2) is 5.69. The molecule has 0 fully saturated rings. The molecule has 0 bridgehead atoms. The van der Waals surface area contributed by atoms with E-state index in [9.17, 15) is 0 Å². The zero-order valence-electron chi connectivity index (χ0n) is 16.2. The first-order valence-corrected chi connectivity index (χ1v) is 10.7. The first-order chi connectivity index (χ1) is 12.0. The fourth-order valence-electron chi connectivity index (χ4n) is 3.79. The van der Waals surface area contributed by atoms with Gasteiger partial charge in [0.2, 0.25) is 0 Å². The van der Waals surface area contributed by atoms with Crippen LogP contribution in [0.2, 0.25) is 0 Å². The highest BCUT2D eigenvalue weighted by atomic mass is 79.9. The summed E-state index contributed by atoms with van der Waals surface area (Å²) < 4.78 is 2.35. The molecule has 0 heterocycles. The van der Waals surface area contributed by atoms with Crippen molar-refractivity contribution >= 4 is 64.2 Å². The Morgan fingerprint density at radius 2 is 0.885 bits per heavy atom. The van der Waals surface area contributed by atoms with Crippen molar-refractivity contribution in [1.29, 1.82) is 0 Å². The van der Waals surface area contributed by atoms with Crippen molar-refractivity contribution in [2.45, 2.75) is 52.4 Å². The summed E-state index contributed by atoms with van der Waals surface area (Å²) in [7, 11) is 0. The minimum Gasteiger partial charge on any atom is -0.0561 e. The maximum absolute atomic E-state index is 3.86. The van der Waals surface area contributed by atoms with Crippen molar-refractivity contribution in [1.82, 2.24) is 0 Å². The van der Waals surface area contributed by atoms with E-state index >= 15 is 0 Å². The largest absolute Gasteiger partial charge is 0.0561 e. The number of rotatable bonds is 0. The van der Waals surface area contributed by atoms with Gasteiger partial charge < -0.3 is 0 Å². The highest BCUT2D eigenvalue weighted by molar-refractivity contribution is 9.11. The molecule has 134 valence electrons. The lowest BCUT2D eigenvalue weighted by Crippen LogP contribution is -2.12. The second-order valence-electron chi connectivity index (χ2n) is 9.46. The topological polar surface area (TPSA) is 0 Å². The highest BCUT2D eigenvalue weighted by Gasteiger charge is 2.21. The summed E-state index contributed by atoms with van der Waals surface area (Å²) in [4.78, 5) is 0. The smallest absolute Gasteiger partial charge is 0.0260 e. The van der Waals surface area contributed by atoms with Gasteiger partial charge in [-0.3, -0.25) is 0 Å². The van der Waals surface area contributed by atoms with Crippen LogP contribution in [-0.2, 0) is 10.8 Å². The third kappa shape index (κ3) is 2.77. The number of hydrogen-bond donors (Lipinski definition) is 0. The van der Waals surface area contributed by atoms with E-state index in [1.165, 1.54) is 52.4 Å². The van der Waals surface area contributed by atoms with E-state index in [0.717, 1.165) is 0 Å². The van der Waals surface area contributed by atoms with E-state index in [2.05, 4.69) is 110 Å². The molecule has 0 atom stereocenters. The predicted octanol–water partition coefficient (Wildman–Crippen LogP) is 8.70. The van der Waals surface area contributed by atoms with E-state index in [1.54, 1.807) is 0 Å². The molecule has 0 N–H and O–H groups in total. The predicted molar refractivity (Wildman–Crippen MR) is 123 cm³/mol. The molecule has 0 aromatic heterocycles. The van der Waals surface area contributed by atoms with E-state index in [1.807, 2.05) is 0 Å². The van der Waals surface area contributed by atoms with Gasteiger partial charge in [0.15, 0.2) is 0 Å². The van der Waals surface area contributed by atoms with Gasteiger partial charge in [-0.1, -0.05) is 85.5 Å². The summed E-state index contributed by atoms with van der Waals surface area (Å²) in [5.74, 6) is 0. The fraction of sp³-hybridized carbons (Fsp3) is 0.333. The van der Waals surface area contributed by atoms with Crippen molar-refractivity contribution in [2.75, 3.05) is 0 Å². The van der Waals surface area contributed by atoms with Gasteiger partial charge in [0.1, 0.15) is 0 Å². The molecule has 4 aromatic carbocycles. The summed E-state index contributed by atoms with van der Waals surface area (Å²) in [6.07, 6.45) is 0. The summed E-state index contributed by atoms with van der Waals surface area (Å²) >= 11 is 7.72. The van der Waals surface area contributed by atoms with Crippen LogP contribution in [0.1, 0.15) is 52.7 Å². The third-order valence-electron chi connectivity index (χ3n) is 5.40. The molecule has 0 radical (unpaired) electrons. The first kappa shape index (κ1) is 18.3. The molecule has 2 heteroatoms. The number of benzene rings is 4. The minimum atomic E-state index is 0.121. The molecule has 0 spiro atoms. The second-order valence-corrected chi connectivity index (χ2v) is 11.2. The maximum Gasteiger partial charge on any atom is 0.0260 e. The quantitative estimate of drug-likeness (QED) is 0.225. The molecule has 4 rings (SSSR count). The van der Waals surface area contributed by atoms with Crippen LogP contribution in [0.3, 0.4) is 0 Å². The molecule has 26 heavy (non-hydrogen) atoms. The zero-order chi connectivity index (χ0) is 19.0. The molecule has 0 aliphatic carbocycles.